The molecule has 1 aromatic carbocycles. The number of carbonyl (C=O) groups excluding carboxylic acids is 1. The lowest BCUT2D eigenvalue weighted by atomic mass is 9.82. The predicted octanol–water partition coefficient (Wildman–Crippen LogP) is 2.32. The van der Waals surface area contributed by atoms with Gasteiger partial charge in [-0.25, -0.2) is 0 Å². The van der Waals surface area contributed by atoms with Crippen LogP contribution < -0.4 is 0 Å². The highest BCUT2D eigenvalue weighted by Gasteiger charge is 2.25. The summed E-state index contributed by atoms with van der Waals surface area (Å²) in [4.78, 5) is 11.7. The van der Waals surface area contributed by atoms with Crippen LogP contribution in [0, 0.1) is 0 Å². The largest absolute Gasteiger partial charge is 0.508 e. The summed E-state index contributed by atoms with van der Waals surface area (Å²) in [6.45, 7) is 0. The summed E-state index contributed by atoms with van der Waals surface area (Å²) in [5.41, 5.74) is 0.650. The number of hydrogen-bond acceptors (Lipinski definition) is 3. The zero-order valence-corrected chi connectivity index (χ0v) is 8.44. The number of benzene rings is 1. The van der Waals surface area contributed by atoms with Crippen LogP contribution in [0.15, 0.2) is 18.2 Å². The maximum absolute atomic E-state index is 11.7. The summed E-state index contributed by atoms with van der Waals surface area (Å²) in [5, 5.41) is 18.8. The summed E-state index contributed by atoms with van der Waals surface area (Å²) in [6, 6.07) is 4.44. The third kappa shape index (κ3) is 1.96. The molecule has 2 rings (SSSR count). The van der Waals surface area contributed by atoms with Gasteiger partial charge >= 0.3 is 0 Å². The maximum Gasteiger partial charge on any atom is 0.140 e. The molecule has 1 aliphatic carbocycles. The van der Waals surface area contributed by atoms with Crippen LogP contribution in [0.2, 0.25) is 0 Å². The zero-order chi connectivity index (χ0) is 10.8. The van der Waals surface area contributed by atoms with Gasteiger partial charge in [-0.2, -0.15) is 0 Å². The van der Waals surface area contributed by atoms with Crippen molar-refractivity contribution >= 4 is 5.78 Å². The highest BCUT2D eigenvalue weighted by molar-refractivity contribution is 5.87. The van der Waals surface area contributed by atoms with E-state index < -0.39 is 0 Å². The molecule has 1 atom stereocenters. The first kappa shape index (κ1) is 10.0. The highest BCUT2D eigenvalue weighted by atomic mass is 16.3. The first-order valence-corrected chi connectivity index (χ1v) is 5.23. The Kier molecular flexibility index (Phi) is 2.62. The molecular formula is C12H14O3. The number of phenolic OH excluding ortho intramolecular Hbond substituents is 2. The molecule has 0 spiro atoms. The highest BCUT2D eigenvalue weighted by Crippen LogP contribution is 2.36. The molecule has 1 saturated carbocycles. The van der Waals surface area contributed by atoms with Crippen molar-refractivity contribution < 1.29 is 15.0 Å². The molecule has 0 aromatic heterocycles. The van der Waals surface area contributed by atoms with Crippen LogP contribution in [-0.4, -0.2) is 16.0 Å². The summed E-state index contributed by atoms with van der Waals surface area (Å²) >= 11 is 0. The molecule has 1 aromatic rings. The summed E-state index contributed by atoms with van der Waals surface area (Å²) < 4.78 is 0. The molecule has 0 saturated heterocycles. The van der Waals surface area contributed by atoms with Crippen molar-refractivity contribution in [2.24, 2.45) is 0 Å². The normalized spacial score (nSPS) is 21.6. The molecule has 0 amide bonds. The first-order chi connectivity index (χ1) is 7.18. The summed E-state index contributed by atoms with van der Waals surface area (Å²) in [6.07, 6.45) is 3.38. The number of phenols is 2. The fourth-order valence-electron chi connectivity index (χ4n) is 2.14. The fourth-order valence-corrected chi connectivity index (χ4v) is 2.14. The Hall–Kier alpha value is -1.51. The lowest BCUT2D eigenvalue weighted by Gasteiger charge is -2.21. The van der Waals surface area contributed by atoms with Crippen LogP contribution in [0.1, 0.15) is 37.2 Å². The van der Waals surface area contributed by atoms with E-state index in [2.05, 4.69) is 0 Å². The van der Waals surface area contributed by atoms with Crippen molar-refractivity contribution in [2.75, 3.05) is 0 Å². The number of carbonyl (C=O) groups is 1. The summed E-state index contributed by atoms with van der Waals surface area (Å²) in [7, 11) is 0. The van der Waals surface area contributed by atoms with E-state index in [1.54, 1.807) is 6.07 Å². The number of rotatable bonds is 1. The van der Waals surface area contributed by atoms with Gasteiger partial charge in [-0.1, -0.05) is 12.5 Å². The van der Waals surface area contributed by atoms with Gasteiger partial charge in [-0.05, 0) is 18.9 Å². The average Bonchev–Trinajstić information content (AvgIpc) is 2.20. The van der Waals surface area contributed by atoms with E-state index >= 15 is 0 Å². The first-order valence-electron chi connectivity index (χ1n) is 5.23. The third-order valence-electron chi connectivity index (χ3n) is 2.94. The minimum atomic E-state index is -0.181. The van der Waals surface area contributed by atoms with Crippen LogP contribution in [0.5, 0.6) is 11.5 Å². The smallest absolute Gasteiger partial charge is 0.140 e. The van der Waals surface area contributed by atoms with Crippen molar-refractivity contribution in [3.63, 3.8) is 0 Å². The Labute approximate surface area is 88.4 Å². The Morgan fingerprint density at radius 1 is 1.20 bits per heavy atom. The SMILES string of the molecule is O=C1CCCCC1c1ccc(O)cc1O. The zero-order valence-electron chi connectivity index (χ0n) is 8.44. The Morgan fingerprint density at radius 3 is 2.67 bits per heavy atom. The standard InChI is InChI=1S/C12H14O3/c13-8-5-6-10(12(15)7-8)9-3-1-2-4-11(9)14/h5-7,9,13,15H,1-4H2. The topological polar surface area (TPSA) is 57.5 Å². The van der Waals surface area contributed by atoms with Gasteiger partial charge in [-0.3, -0.25) is 4.79 Å². The van der Waals surface area contributed by atoms with Gasteiger partial charge in [0, 0.05) is 24.0 Å². The van der Waals surface area contributed by atoms with Crippen molar-refractivity contribution in [1.29, 1.82) is 0 Å². The van der Waals surface area contributed by atoms with Gasteiger partial charge in [0.25, 0.3) is 0 Å². The number of Topliss-reactive ketones (excluding diaryl/α,β-unsaturated/α-hetero) is 1. The molecule has 0 bridgehead atoms. The van der Waals surface area contributed by atoms with Crippen molar-refractivity contribution in [3.8, 4) is 11.5 Å². The van der Waals surface area contributed by atoms with E-state index in [9.17, 15) is 9.90 Å². The minimum absolute atomic E-state index is 0.0234. The minimum Gasteiger partial charge on any atom is -0.508 e. The predicted molar refractivity (Wildman–Crippen MR) is 56.0 cm³/mol. The van der Waals surface area contributed by atoms with Crippen LogP contribution in [0.3, 0.4) is 0 Å². The Morgan fingerprint density at radius 2 is 2.00 bits per heavy atom. The van der Waals surface area contributed by atoms with Crippen LogP contribution in [0.25, 0.3) is 0 Å². The van der Waals surface area contributed by atoms with Gasteiger partial charge in [0.05, 0.1) is 0 Å². The number of ketones is 1. The van der Waals surface area contributed by atoms with Gasteiger partial charge in [0.2, 0.25) is 0 Å². The third-order valence-corrected chi connectivity index (χ3v) is 2.94. The van der Waals surface area contributed by atoms with Gasteiger partial charge in [0.1, 0.15) is 17.3 Å². The van der Waals surface area contributed by atoms with E-state index in [-0.39, 0.29) is 23.2 Å². The number of aromatic hydroxyl groups is 2. The van der Waals surface area contributed by atoms with E-state index in [1.807, 2.05) is 0 Å². The molecule has 0 heterocycles. The van der Waals surface area contributed by atoms with Crippen LogP contribution in [0.4, 0.5) is 0 Å². The Bertz CT molecular complexity index is 384. The average molecular weight is 206 g/mol. The molecule has 1 fully saturated rings. The lowest BCUT2D eigenvalue weighted by molar-refractivity contribution is -0.121. The van der Waals surface area contributed by atoms with Crippen molar-refractivity contribution in [1.82, 2.24) is 0 Å². The monoisotopic (exact) mass is 206 g/mol. The van der Waals surface area contributed by atoms with Crippen LogP contribution >= 0.6 is 0 Å². The molecule has 3 nitrogen and oxygen atoms in total. The van der Waals surface area contributed by atoms with E-state index in [0.29, 0.717) is 12.0 Å². The van der Waals surface area contributed by atoms with Gasteiger partial charge in [0.15, 0.2) is 0 Å². The van der Waals surface area contributed by atoms with E-state index in [0.717, 1.165) is 19.3 Å². The van der Waals surface area contributed by atoms with E-state index in [1.165, 1.54) is 12.1 Å². The van der Waals surface area contributed by atoms with Gasteiger partial charge in [-0.15, -0.1) is 0 Å². The maximum atomic E-state index is 11.7. The Balaban J connectivity index is 2.31. The molecule has 0 aliphatic heterocycles. The van der Waals surface area contributed by atoms with Crippen molar-refractivity contribution in [2.45, 2.75) is 31.6 Å². The second-order valence-corrected chi connectivity index (χ2v) is 4.01. The quantitative estimate of drug-likeness (QED) is 0.741. The molecule has 2 N–H and O–H groups in total. The molecule has 15 heavy (non-hydrogen) atoms. The van der Waals surface area contributed by atoms with Gasteiger partial charge < -0.3 is 10.2 Å². The number of hydrogen-bond donors (Lipinski definition) is 2. The molecule has 0 radical (unpaired) electrons. The molecule has 1 unspecified atom stereocenters. The van der Waals surface area contributed by atoms with E-state index in [4.69, 9.17) is 5.11 Å². The molecular weight excluding hydrogens is 192 g/mol. The second-order valence-electron chi connectivity index (χ2n) is 4.01. The molecule has 80 valence electrons. The summed E-state index contributed by atoms with van der Waals surface area (Å²) in [5.74, 6) is 0.0661. The van der Waals surface area contributed by atoms with Crippen LogP contribution in [-0.2, 0) is 4.79 Å². The lowest BCUT2D eigenvalue weighted by Crippen LogP contribution is -2.16. The van der Waals surface area contributed by atoms with Crippen molar-refractivity contribution in [3.05, 3.63) is 23.8 Å². The molecule has 3 heteroatoms. The second kappa shape index (κ2) is 3.93. The molecule has 1 aliphatic rings. The fraction of sp³-hybridized carbons (Fsp3) is 0.417.